The van der Waals surface area contributed by atoms with Gasteiger partial charge in [0.1, 0.15) is 0 Å². The van der Waals surface area contributed by atoms with Gasteiger partial charge in [0.05, 0.1) is 10.6 Å². The Morgan fingerprint density at radius 2 is 1.37 bits per heavy atom. The van der Waals surface area contributed by atoms with Crippen LogP contribution >= 0.6 is 11.3 Å². The molecule has 3 aromatic rings. The molecule has 4 fully saturated rings. The van der Waals surface area contributed by atoms with Crippen molar-refractivity contribution in [2.45, 2.75) is 44.1 Å². The van der Waals surface area contributed by atoms with Crippen LogP contribution in [0.1, 0.15) is 48.3 Å². The van der Waals surface area contributed by atoms with Crippen molar-refractivity contribution in [2.24, 2.45) is 17.8 Å². The third-order valence-corrected chi connectivity index (χ3v) is 8.42. The summed E-state index contributed by atoms with van der Waals surface area (Å²) in [6.07, 6.45) is 7.61. The lowest BCUT2D eigenvalue weighted by Crippen LogP contribution is -2.59. The second-order valence-electron chi connectivity index (χ2n) is 9.58. The largest absolute Gasteiger partial charge is 0.345 e. The molecule has 0 radical (unpaired) electrons. The number of hydrogen-bond acceptors (Lipinski definition) is 3. The van der Waals surface area contributed by atoms with Crippen LogP contribution in [-0.4, -0.2) is 16.4 Å². The zero-order chi connectivity index (χ0) is 20.1. The molecule has 3 nitrogen and oxygen atoms in total. The molecule has 4 aliphatic rings. The van der Waals surface area contributed by atoms with Gasteiger partial charge in [-0.05, 0) is 61.8 Å². The van der Waals surface area contributed by atoms with Gasteiger partial charge in [-0.3, -0.25) is 4.79 Å². The maximum atomic E-state index is 13.4. The molecule has 4 aliphatic carbocycles. The monoisotopic (exact) mass is 414 g/mol. The summed E-state index contributed by atoms with van der Waals surface area (Å²) in [6.45, 7) is 0. The number of rotatable bonds is 4. The van der Waals surface area contributed by atoms with Crippen LogP contribution in [0.15, 0.2) is 60.7 Å². The molecule has 4 heteroatoms. The number of nitrogens with zero attached hydrogens (tertiary/aromatic N) is 1. The van der Waals surface area contributed by atoms with Gasteiger partial charge in [-0.2, -0.15) is 0 Å². The van der Waals surface area contributed by atoms with Crippen LogP contribution in [0.25, 0.3) is 21.7 Å². The van der Waals surface area contributed by atoms with Gasteiger partial charge in [0, 0.05) is 11.1 Å². The van der Waals surface area contributed by atoms with Crippen molar-refractivity contribution in [2.75, 3.05) is 0 Å². The van der Waals surface area contributed by atoms with E-state index in [2.05, 4.69) is 29.6 Å². The number of amides is 1. The average Bonchev–Trinajstić information content (AvgIpc) is 3.19. The van der Waals surface area contributed by atoms with E-state index in [0.29, 0.717) is 5.01 Å². The van der Waals surface area contributed by atoms with Crippen LogP contribution in [0, 0.1) is 17.8 Å². The Kier molecular flexibility index (Phi) is 4.31. The summed E-state index contributed by atoms with van der Waals surface area (Å²) in [5.74, 6) is 2.45. The van der Waals surface area contributed by atoms with Gasteiger partial charge in [-0.1, -0.05) is 60.7 Å². The standard InChI is InChI=1S/C26H26N2OS/c29-24(28-26-14-17-11-18(15-26)13-19(12-17)16-26)25-27-22(20-7-3-1-4-8-20)23(30-25)21-9-5-2-6-10-21/h1-10,17-19H,11-16H2,(H,28,29). The van der Waals surface area contributed by atoms with Gasteiger partial charge in [0.2, 0.25) is 0 Å². The highest BCUT2D eigenvalue weighted by atomic mass is 32.1. The molecule has 1 heterocycles. The quantitative estimate of drug-likeness (QED) is 0.554. The van der Waals surface area contributed by atoms with E-state index < -0.39 is 0 Å². The molecular formula is C26H26N2OS. The molecule has 4 bridgehead atoms. The molecule has 1 amide bonds. The molecule has 1 aromatic heterocycles. The number of aromatic nitrogens is 1. The summed E-state index contributed by atoms with van der Waals surface area (Å²) in [6, 6.07) is 20.5. The Labute approximate surface area is 181 Å². The molecule has 30 heavy (non-hydrogen) atoms. The second-order valence-corrected chi connectivity index (χ2v) is 10.6. The first-order valence-electron chi connectivity index (χ1n) is 11.1. The number of hydrogen-bond donors (Lipinski definition) is 1. The third kappa shape index (κ3) is 3.18. The van der Waals surface area contributed by atoms with E-state index in [9.17, 15) is 4.79 Å². The summed E-state index contributed by atoms with van der Waals surface area (Å²) in [4.78, 5) is 19.3. The van der Waals surface area contributed by atoms with Crippen molar-refractivity contribution in [3.05, 3.63) is 65.7 Å². The number of thiazole rings is 1. The van der Waals surface area contributed by atoms with E-state index >= 15 is 0 Å². The van der Waals surface area contributed by atoms with Crippen molar-refractivity contribution in [3.63, 3.8) is 0 Å². The number of nitrogens with one attached hydrogen (secondary N) is 1. The molecule has 4 saturated carbocycles. The topological polar surface area (TPSA) is 42.0 Å². The summed E-state index contributed by atoms with van der Waals surface area (Å²) in [7, 11) is 0. The number of carbonyl (C=O) groups excluding carboxylic acids is 1. The average molecular weight is 415 g/mol. The lowest BCUT2D eigenvalue weighted by molar-refractivity contribution is -0.0167. The van der Waals surface area contributed by atoms with Gasteiger partial charge in [-0.15, -0.1) is 11.3 Å². The van der Waals surface area contributed by atoms with E-state index in [1.54, 1.807) is 0 Å². The minimum absolute atomic E-state index is 0.0112. The molecule has 0 saturated heterocycles. The predicted octanol–water partition coefficient (Wildman–Crippen LogP) is 6.18. The van der Waals surface area contributed by atoms with E-state index in [4.69, 9.17) is 4.98 Å². The van der Waals surface area contributed by atoms with E-state index in [0.717, 1.165) is 58.7 Å². The molecule has 0 aliphatic heterocycles. The first kappa shape index (κ1) is 18.3. The summed E-state index contributed by atoms with van der Waals surface area (Å²) >= 11 is 1.52. The van der Waals surface area contributed by atoms with Crippen molar-refractivity contribution in [3.8, 4) is 21.7 Å². The zero-order valence-electron chi connectivity index (χ0n) is 17.0. The maximum Gasteiger partial charge on any atom is 0.280 e. The van der Waals surface area contributed by atoms with Crippen molar-refractivity contribution in [1.29, 1.82) is 0 Å². The molecule has 152 valence electrons. The Balaban J connectivity index is 1.34. The summed E-state index contributed by atoms with van der Waals surface area (Å²) in [5, 5.41) is 4.08. The first-order valence-corrected chi connectivity index (χ1v) is 11.9. The van der Waals surface area contributed by atoms with Crippen molar-refractivity contribution in [1.82, 2.24) is 10.3 Å². The van der Waals surface area contributed by atoms with Gasteiger partial charge in [0.25, 0.3) is 5.91 Å². The normalized spacial score (nSPS) is 29.1. The van der Waals surface area contributed by atoms with Crippen LogP contribution in [0.5, 0.6) is 0 Å². The highest BCUT2D eigenvalue weighted by Crippen LogP contribution is 2.55. The van der Waals surface area contributed by atoms with Crippen molar-refractivity contribution < 1.29 is 4.79 Å². The molecule has 1 N–H and O–H groups in total. The van der Waals surface area contributed by atoms with Crippen LogP contribution in [0.3, 0.4) is 0 Å². The molecule has 0 spiro atoms. The first-order chi connectivity index (χ1) is 14.7. The fourth-order valence-electron chi connectivity index (χ4n) is 6.55. The van der Waals surface area contributed by atoms with Gasteiger partial charge < -0.3 is 5.32 Å². The predicted molar refractivity (Wildman–Crippen MR) is 121 cm³/mol. The smallest absolute Gasteiger partial charge is 0.280 e. The third-order valence-electron chi connectivity index (χ3n) is 7.32. The molecule has 2 aromatic carbocycles. The fraction of sp³-hybridized carbons (Fsp3) is 0.385. The van der Waals surface area contributed by atoms with Gasteiger partial charge in [-0.25, -0.2) is 4.98 Å². The molecular weight excluding hydrogens is 388 g/mol. The van der Waals surface area contributed by atoms with Crippen LogP contribution in [0.2, 0.25) is 0 Å². The minimum Gasteiger partial charge on any atom is -0.345 e. The maximum absolute atomic E-state index is 13.4. The van der Waals surface area contributed by atoms with E-state index in [1.165, 1.54) is 30.6 Å². The minimum atomic E-state index is 0.0112. The van der Waals surface area contributed by atoms with Crippen LogP contribution in [0.4, 0.5) is 0 Å². The second kappa shape index (κ2) is 7.05. The lowest BCUT2D eigenvalue weighted by Gasteiger charge is -2.56. The lowest BCUT2D eigenvalue weighted by atomic mass is 9.53. The van der Waals surface area contributed by atoms with E-state index in [-0.39, 0.29) is 11.4 Å². The summed E-state index contributed by atoms with van der Waals surface area (Å²) < 4.78 is 0. The fourth-order valence-corrected chi connectivity index (χ4v) is 7.54. The van der Waals surface area contributed by atoms with Crippen LogP contribution in [-0.2, 0) is 0 Å². The highest BCUT2D eigenvalue weighted by molar-refractivity contribution is 7.17. The zero-order valence-corrected chi connectivity index (χ0v) is 17.8. The number of carbonyl (C=O) groups is 1. The van der Waals surface area contributed by atoms with Gasteiger partial charge >= 0.3 is 0 Å². The molecule has 7 rings (SSSR count). The number of benzene rings is 2. The van der Waals surface area contributed by atoms with Gasteiger partial charge in [0.15, 0.2) is 5.01 Å². The van der Waals surface area contributed by atoms with Crippen molar-refractivity contribution >= 4 is 17.2 Å². The van der Waals surface area contributed by atoms with E-state index in [1.807, 2.05) is 36.4 Å². The Hall–Kier alpha value is -2.46. The highest BCUT2D eigenvalue weighted by Gasteiger charge is 2.51. The van der Waals surface area contributed by atoms with Crippen LogP contribution < -0.4 is 5.32 Å². The Bertz CT molecular complexity index is 981. The summed E-state index contributed by atoms with van der Waals surface area (Å²) in [5.41, 5.74) is 3.09. The SMILES string of the molecule is O=C(NC12CC3CC(CC(C3)C1)C2)c1nc(-c2ccccc2)c(-c2ccccc2)s1. The Morgan fingerprint density at radius 1 is 0.833 bits per heavy atom. The molecule has 0 unspecified atom stereocenters. The molecule has 0 atom stereocenters. The Morgan fingerprint density at radius 3 is 1.93 bits per heavy atom.